The summed E-state index contributed by atoms with van der Waals surface area (Å²) in [7, 11) is 0. The zero-order valence-electron chi connectivity index (χ0n) is 8.38. The van der Waals surface area contributed by atoms with E-state index in [1.165, 1.54) is 12.1 Å². The summed E-state index contributed by atoms with van der Waals surface area (Å²) in [5.41, 5.74) is -0.810. The Labute approximate surface area is 96.4 Å². The number of carbonyl (C=O) groups excluding carboxylic acids is 1. The number of pyridine rings is 1. The summed E-state index contributed by atoms with van der Waals surface area (Å²) in [6.45, 7) is 2.04. The number of hydrogen-bond acceptors (Lipinski definition) is 5. The highest BCUT2D eigenvalue weighted by atomic mass is 35.5. The maximum Gasteiger partial charge on any atom is 0.403 e. The number of ether oxygens (including phenoxy) is 1. The second-order valence-corrected chi connectivity index (χ2v) is 2.69. The van der Waals surface area contributed by atoms with Crippen LogP contribution in [0.2, 0.25) is 0 Å². The maximum absolute atomic E-state index is 10.2. The molecule has 0 saturated carbocycles. The van der Waals surface area contributed by atoms with Gasteiger partial charge < -0.3 is 14.9 Å². The molecule has 1 aromatic heterocycles. The van der Waals surface area contributed by atoms with Gasteiger partial charge in [-0.05, 0) is 19.1 Å². The first-order valence-corrected chi connectivity index (χ1v) is 4.55. The van der Waals surface area contributed by atoms with Gasteiger partial charge in [-0.3, -0.25) is 0 Å². The Morgan fingerprint density at radius 2 is 2.12 bits per heavy atom. The predicted molar refractivity (Wildman–Crippen MR) is 55.7 cm³/mol. The lowest BCUT2D eigenvalue weighted by molar-refractivity contribution is 0.0690. The van der Waals surface area contributed by atoms with Gasteiger partial charge in [-0.1, -0.05) is 0 Å². The van der Waals surface area contributed by atoms with Crippen LogP contribution in [0.15, 0.2) is 18.3 Å². The molecular formula is C9H10ClNO5. The summed E-state index contributed by atoms with van der Waals surface area (Å²) in [6, 6.07) is 2.51. The van der Waals surface area contributed by atoms with Crippen molar-refractivity contribution in [2.24, 2.45) is 0 Å². The van der Waals surface area contributed by atoms with E-state index in [1.54, 1.807) is 6.92 Å². The van der Waals surface area contributed by atoms with E-state index in [0.717, 1.165) is 6.20 Å². The largest absolute Gasteiger partial charge is 0.506 e. The minimum absolute atomic E-state index is 0.0370. The van der Waals surface area contributed by atoms with Crippen molar-refractivity contribution < 1.29 is 24.5 Å². The highest BCUT2D eigenvalue weighted by Gasteiger charge is 2.01. The SMILES string of the molecule is CCOC(=O)Cl.O=C(O)c1ccc(O)cn1. The average molecular weight is 248 g/mol. The second kappa shape index (κ2) is 7.47. The standard InChI is InChI=1S/C6H5NO3.C3H5ClO2/c8-4-1-2-5(6(9)10)7-3-4;1-2-6-3(4)5/h1-3,8H,(H,9,10);2H2,1H3. The van der Waals surface area contributed by atoms with Crippen LogP contribution in [0.1, 0.15) is 17.4 Å². The van der Waals surface area contributed by atoms with Gasteiger partial charge in [0.25, 0.3) is 0 Å². The van der Waals surface area contributed by atoms with Crippen LogP contribution in [-0.2, 0) is 4.74 Å². The van der Waals surface area contributed by atoms with Crippen molar-refractivity contribution in [3.63, 3.8) is 0 Å². The van der Waals surface area contributed by atoms with Crippen LogP contribution in [0.3, 0.4) is 0 Å². The molecule has 0 atom stereocenters. The fourth-order valence-electron chi connectivity index (χ4n) is 0.626. The fourth-order valence-corrected chi connectivity index (χ4v) is 0.735. The van der Waals surface area contributed by atoms with Gasteiger partial charge in [0.05, 0.1) is 12.8 Å². The van der Waals surface area contributed by atoms with Gasteiger partial charge in [0.15, 0.2) is 0 Å². The molecule has 0 spiro atoms. The summed E-state index contributed by atoms with van der Waals surface area (Å²) >= 11 is 4.72. The Balaban J connectivity index is 0.000000325. The van der Waals surface area contributed by atoms with Crippen molar-refractivity contribution in [2.75, 3.05) is 6.61 Å². The molecule has 6 nitrogen and oxygen atoms in total. The van der Waals surface area contributed by atoms with Crippen molar-refractivity contribution in [3.8, 4) is 5.75 Å². The van der Waals surface area contributed by atoms with Crippen LogP contribution in [0.5, 0.6) is 5.75 Å². The van der Waals surface area contributed by atoms with Crippen LogP contribution in [-0.4, -0.2) is 33.2 Å². The molecule has 0 amide bonds. The molecule has 0 unspecified atom stereocenters. The van der Waals surface area contributed by atoms with Gasteiger partial charge in [-0.25, -0.2) is 14.6 Å². The number of carbonyl (C=O) groups is 2. The number of rotatable bonds is 2. The van der Waals surface area contributed by atoms with Crippen molar-refractivity contribution in [3.05, 3.63) is 24.0 Å². The minimum Gasteiger partial charge on any atom is -0.506 e. The summed E-state index contributed by atoms with van der Waals surface area (Å²) < 4.78 is 4.17. The molecule has 0 fully saturated rings. The van der Waals surface area contributed by atoms with E-state index in [2.05, 4.69) is 9.72 Å². The number of aromatic nitrogens is 1. The number of aromatic hydroxyl groups is 1. The molecule has 1 heterocycles. The summed E-state index contributed by atoms with van der Waals surface area (Å²) in [5, 5.41) is 17.0. The Morgan fingerprint density at radius 3 is 2.38 bits per heavy atom. The van der Waals surface area contributed by atoms with E-state index in [4.69, 9.17) is 21.8 Å². The Hall–Kier alpha value is -1.82. The molecular weight excluding hydrogens is 238 g/mol. The van der Waals surface area contributed by atoms with Gasteiger partial charge in [-0.2, -0.15) is 0 Å². The third-order valence-corrected chi connectivity index (χ3v) is 1.33. The Bertz CT molecular complexity index is 351. The molecule has 0 aliphatic heterocycles. The van der Waals surface area contributed by atoms with Crippen LogP contribution in [0.4, 0.5) is 4.79 Å². The molecule has 0 saturated heterocycles. The molecule has 16 heavy (non-hydrogen) atoms. The zero-order chi connectivity index (χ0) is 12.6. The fraction of sp³-hybridized carbons (Fsp3) is 0.222. The van der Waals surface area contributed by atoms with Crippen LogP contribution < -0.4 is 0 Å². The van der Waals surface area contributed by atoms with E-state index < -0.39 is 11.4 Å². The lowest BCUT2D eigenvalue weighted by Crippen LogP contribution is -1.97. The second-order valence-electron chi connectivity index (χ2n) is 2.38. The number of nitrogens with zero attached hydrogens (tertiary/aromatic N) is 1. The highest BCUT2D eigenvalue weighted by Crippen LogP contribution is 2.04. The third kappa shape index (κ3) is 6.61. The third-order valence-electron chi connectivity index (χ3n) is 1.22. The van der Waals surface area contributed by atoms with Crippen LogP contribution in [0, 0.1) is 0 Å². The topological polar surface area (TPSA) is 96.7 Å². The molecule has 0 aromatic carbocycles. The van der Waals surface area contributed by atoms with E-state index >= 15 is 0 Å². The lowest BCUT2D eigenvalue weighted by Gasteiger charge is -1.91. The van der Waals surface area contributed by atoms with Crippen molar-refractivity contribution in [1.82, 2.24) is 4.98 Å². The smallest absolute Gasteiger partial charge is 0.403 e. The molecule has 1 aromatic rings. The van der Waals surface area contributed by atoms with Gasteiger partial charge in [0.1, 0.15) is 11.4 Å². The van der Waals surface area contributed by atoms with Crippen molar-refractivity contribution >= 4 is 23.0 Å². The molecule has 7 heteroatoms. The number of aromatic carboxylic acids is 1. The quantitative estimate of drug-likeness (QED) is 0.775. The summed E-state index contributed by atoms with van der Waals surface area (Å²) in [6.07, 6.45) is 1.09. The zero-order valence-corrected chi connectivity index (χ0v) is 9.14. The number of hydrogen-bond donors (Lipinski definition) is 2. The van der Waals surface area contributed by atoms with Gasteiger partial charge in [0, 0.05) is 11.6 Å². The molecule has 1 rings (SSSR count). The number of halogens is 1. The van der Waals surface area contributed by atoms with E-state index in [9.17, 15) is 9.59 Å². The molecule has 0 bridgehead atoms. The van der Waals surface area contributed by atoms with E-state index in [0.29, 0.717) is 6.61 Å². The van der Waals surface area contributed by atoms with Crippen LogP contribution in [0.25, 0.3) is 0 Å². The van der Waals surface area contributed by atoms with Gasteiger partial charge >= 0.3 is 11.4 Å². The van der Waals surface area contributed by atoms with E-state index in [-0.39, 0.29) is 11.4 Å². The first kappa shape index (κ1) is 14.2. The molecule has 0 aliphatic carbocycles. The maximum atomic E-state index is 10.2. The number of carboxylic acids is 1. The van der Waals surface area contributed by atoms with Crippen molar-refractivity contribution in [1.29, 1.82) is 0 Å². The molecule has 2 N–H and O–H groups in total. The first-order chi connectivity index (χ1) is 7.47. The van der Waals surface area contributed by atoms with Gasteiger partial charge in [-0.15, -0.1) is 0 Å². The highest BCUT2D eigenvalue weighted by molar-refractivity contribution is 6.61. The molecule has 88 valence electrons. The monoisotopic (exact) mass is 247 g/mol. The van der Waals surface area contributed by atoms with E-state index in [1.807, 2.05) is 0 Å². The molecule has 0 aliphatic rings. The Kier molecular flexibility index (Phi) is 6.62. The normalized spacial score (nSPS) is 8.62. The summed E-state index contributed by atoms with van der Waals surface area (Å²) in [4.78, 5) is 23.2. The van der Waals surface area contributed by atoms with Gasteiger partial charge in [0.2, 0.25) is 0 Å². The molecule has 0 radical (unpaired) electrons. The number of carboxylic acid groups (broad SMARTS) is 1. The first-order valence-electron chi connectivity index (χ1n) is 4.18. The van der Waals surface area contributed by atoms with Crippen LogP contribution >= 0.6 is 11.6 Å². The predicted octanol–water partition coefficient (Wildman–Crippen LogP) is 1.87. The lowest BCUT2D eigenvalue weighted by atomic mass is 10.3. The van der Waals surface area contributed by atoms with Crippen molar-refractivity contribution in [2.45, 2.75) is 6.92 Å². The Morgan fingerprint density at radius 1 is 1.50 bits per heavy atom. The summed E-state index contributed by atoms with van der Waals surface area (Å²) in [5.74, 6) is -1.13. The minimum atomic E-state index is -1.10. The average Bonchev–Trinajstić information content (AvgIpc) is 2.19.